The number of aldehydes is 1. The van der Waals surface area contributed by atoms with Crippen LogP contribution < -0.4 is 21.9 Å². The van der Waals surface area contributed by atoms with Crippen LogP contribution >= 0.6 is 45.8 Å². The van der Waals surface area contributed by atoms with Gasteiger partial charge in [-0.1, -0.05) is 213 Å². The van der Waals surface area contributed by atoms with Gasteiger partial charge in [0.2, 0.25) is 0 Å². The second-order valence-corrected chi connectivity index (χ2v) is 32.7. The number of aryl methyl sites for hydroxylation is 7. The van der Waals surface area contributed by atoms with Crippen molar-refractivity contribution in [2.45, 2.75) is 202 Å². The molecule has 0 aliphatic carbocycles. The van der Waals surface area contributed by atoms with Crippen LogP contribution in [-0.2, 0) is 42.9 Å². The molecule has 0 saturated carbocycles. The van der Waals surface area contributed by atoms with Gasteiger partial charge in [0, 0.05) is 56.0 Å². The number of carboxylic acids is 2. The maximum absolute atomic E-state index is 12.8. The first-order valence-electron chi connectivity index (χ1n) is 43.3. The molecule has 0 unspecified atom stereocenters. The molecule has 2 amide bonds. The summed E-state index contributed by atoms with van der Waals surface area (Å²) in [7, 11) is 0. The van der Waals surface area contributed by atoms with Gasteiger partial charge in [-0.25, -0.2) is 14.4 Å². The SMILES string of the molecule is C=Cc1cccc(C)c1C(=O)Cl.C=Cc1cccc(C)c1C(=O)Cl.C=Cc1cccc(C)c1C(=O)N(CC(=O)OCC)C(C)C.C=Cc1cccc(C)c1C(=O)O.CC(C)N.CCOC(=O)CN(C(=O)c1c(C)cccc1C=O)C(C)C.CCOC(=O)CNC(C)C.CCOC(=O)CNC(C)C.CCOC(=O)c1cc2cccc(C)c2c(=O)n1C(C)C.Cc1cccc(I)c1C(=O)O. The van der Waals surface area contributed by atoms with E-state index in [9.17, 15) is 62.3 Å². The van der Waals surface area contributed by atoms with Crippen LogP contribution in [0.4, 0.5) is 0 Å². The number of carbonyl (C=O) groups excluding carboxylic acids is 10. The third-order valence-electron chi connectivity index (χ3n) is 18.2. The molecule has 8 rings (SSSR count). The van der Waals surface area contributed by atoms with Crippen molar-refractivity contribution in [1.82, 2.24) is 25.0 Å². The molecule has 0 fully saturated rings. The molecule has 1 heterocycles. The third-order valence-corrected chi connectivity index (χ3v) is 19.5. The first-order valence-corrected chi connectivity index (χ1v) is 45.2. The number of esters is 5. The number of nitrogens with two attached hydrogens (primary N) is 1. The van der Waals surface area contributed by atoms with Crippen LogP contribution in [0, 0.1) is 52.0 Å². The lowest BCUT2D eigenvalue weighted by Crippen LogP contribution is -2.42. The number of nitrogens with zero attached hydrogens (tertiary/aromatic N) is 3. The summed E-state index contributed by atoms with van der Waals surface area (Å²) in [4.78, 5) is 152. The van der Waals surface area contributed by atoms with Crippen molar-refractivity contribution < 1.29 is 91.4 Å². The zero-order chi connectivity index (χ0) is 102. The van der Waals surface area contributed by atoms with Gasteiger partial charge >= 0.3 is 41.8 Å². The molecule has 0 atom stereocenters. The lowest BCUT2D eigenvalue weighted by molar-refractivity contribution is -0.145. The number of hydrogen-bond donors (Lipinski definition) is 5. The number of ether oxygens (including phenoxy) is 5. The van der Waals surface area contributed by atoms with Gasteiger partial charge in [0.15, 0.2) is 6.29 Å². The molecule has 0 spiro atoms. The number of benzene rings is 7. The molecule has 0 aliphatic heterocycles. The van der Waals surface area contributed by atoms with Crippen LogP contribution in [-0.4, -0.2) is 184 Å². The van der Waals surface area contributed by atoms with E-state index in [0.717, 1.165) is 59.0 Å². The predicted molar refractivity (Wildman–Crippen MR) is 544 cm³/mol. The Morgan fingerprint density at radius 2 is 0.714 bits per heavy atom. The van der Waals surface area contributed by atoms with Gasteiger partial charge in [0.1, 0.15) is 18.8 Å². The minimum absolute atomic E-state index is 0.0464. The van der Waals surface area contributed by atoms with E-state index in [0.29, 0.717) is 118 Å². The Morgan fingerprint density at radius 3 is 0.992 bits per heavy atom. The number of halogens is 3. The highest BCUT2D eigenvalue weighted by atomic mass is 127. The molecular formula is C104H137Cl2IN6O20. The quantitative estimate of drug-likeness (QED) is 0.00917. The second-order valence-electron chi connectivity index (χ2n) is 30.9. The predicted octanol–water partition coefficient (Wildman–Crippen LogP) is 20.5. The zero-order valence-electron chi connectivity index (χ0n) is 81.5. The normalized spacial score (nSPS) is 10.1. The van der Waals surface area contributed by atoms with E-state index < -0.39 is 40.3 Å². The molecule has 7 aromatic carbocycles. The van der Waals surface area contributed by atoms with Crippen molar-refractivity contribution in [3.05, 3.63) is 280 Å². The highest BCUT2D eigenvalue weighted by Crippen LogP contribution is 2.25. The number of hydrogen-bond acceptors (Lipinski definition) is 21. The van der Waals surface area contributed by atoms with Gasteiger partial charge < -0.3 is 60.1 Å². The Kier molecular flexibility index (Phi) is 61.6. The van der Waals surface area contributed by atoms with E-state index in [1.54, 1.807) is 128 Å². The summed E-state index contributed by atoms with van der Waals surface area (Å²) in [6.45, 7) is 61.3. The van der Waals surface area contributed by atoms with E-state index in [1.165, 1.54) is 14.4 Å². The van der Waals surface area contributed by atoms with E-state index in [-0.39, 0.29) is 73.7 Å². The first-order chi connectivity index (χ1) is 62.5. The number of fused-ring (bicyclic) bond motifs is 1. The summed E-state index contributed by atoms with van der Waals surface area (Å²) in [5.74, 6) is -3.94. The molecule has 724 valence electrons. The number of aromatic nitrogens is 1. The Morgan fingerprint density at radius 1 is 0.429 bits per heavy atom. The standard InChI is InChI=1S/C17H23NO3.C16H21NO4.C16H19NO3.2C10H9ClO.C10H10O2.C8H7IO2.2C7H15NO2.C3H9N/c1-6-14-10-8-9-13(5)16(14)17(20)18(12(3)4)11-15(19)21-7-2;1-5-21-14(19)9-17(11(2)3)16(20)15-12(4)7-6-8-13(15)10-18;1-5-20-16(19)13-9-12-8-6-7-11(4)14(12)15(18)17(13)10(2)3;3*1-3-8-6-4-5-7(2)9(8)10(11)12;1-5-3-2-4-6(9)7(5)8(10)11;2*1-4-10-7(9)5-8-6(2)3;1-3(2)4/h6,8-10,12H,1,7,11H2,2-5H3;6-8,10-11H,5,9H2,1-4H3;6-10H,5H2,1-4H3;2*3-6H,1H2,2H3;3-6H,1H2,2H3,(H,11,12);2-4H,1H3,(H,10,11);2*6,8H,4-5H2,1-3H3;3H,4H2,1-2H3. The summed E-state index contributed by atoms with van der Waals surface area (Å²) in [6.07, 6.45) is 7.12. The molecule has 8 aromatic rings. The molecule has 0 bridgehead atoms. The monoisotopic (exact) mass is 1990 g/mol. The number of pyridine rings is 1. The molecule has 1 aromatic heterocycles. The lowest BCUT2D eigenvalue weighted by atomic mass is 10.00. The maximum atomic E-state index is 12.8. The molecular weight excluding hydrogens is 1850 g/mol. The van der Waals surface area contributed by atoms with E-state index in [4.69, 9.17) is 62.8 Å². The fraction of sp³-hybridized carbons (Fsp3) is 0.375. The van der Waals surface area contributed by atoms with Gasteiger partial charge in [-0.15, -0.1) is 0 Å². The maximum Gasteiger partial charge on any atom is 0.355 e. The summed E-state index contributed by atoms with van der Waals surface area (Å²) >= 11 is 12.8. The van der Waals surface area contributed by atoms with Crippen molar-refractivity contribution >= 4 is 151 Å². The lowest BCUT2D eigenvalue weighted by Gasteiger charge is -2.27. The van der Waals surface area contributed by atoms with Crippen molar-refractivity contribution in [1.29, 1.82) is 0 Å². The topological polar surface area (TPSA) is 370 Å². The third kappa shape index (κ3) is 45.0. The second kappa shape index (κ2) is 66.5. The number of nitrogens with one attached hydrogen (secondary N) is 2. The largest absolute Gasteiger partial charge is 0.478 e. The van der Waals surface area contributed by atoms with Crippen LogP contribution in [0.25, 0.3) is 35.1 Å². The average molecular weight is 1990 g/mol. The van der Waals surface area contributed by atoms with Crippen LogP contribution in [0.5, 0.6) is 0 Å². The van der Waals surface area contributed by atoms with Gasteiger partial charge in [-0.3, -0.25) is 52.5 Å². The number of rotatable bonds is 30. The molecule has 29 heteroatoms. The minimum Gasteiger partial charge on any atom is -0.478 e. The van der Waals surface area contributed by atoms with Crippen LogP contribution in [0.1, 0.15) is 268 Å². The zero-order valence-corrected chi connectivity index (χ0v) is 85.2. The molecule has 6 N–H and O–H groups in total. The highest BCUT2D eigenvalue weighted by molar-refractivity contribution is 14.1. The van der Waals surface area contributed by atoms with Crippen LogP contribution in [0.2, 0.25) is 0 Å². The summed E-state index contributed by atoms with van der Waals surface area (Å²) in [5.41, 5.74) is 17.2. The summed E-state index contributed by atoms with van der Waals surface area (Å²) in [6, 6.07) is 40.5. The molecule has 0 radical (unpaired) electrons. The molecule has 0 aliphatic rings. The van der Waals surface area contributed by atoms with Gasteiger partial charge in [-0.2, -0.15) is 0 Å². The van der Waals surface area contributed by atoms with E-state index in [1.807, 2.05) is 218 Å². The van der Waals surface area contributed by atoms with E-state index in [2.05, 4.69) is 36.9 Å². The number of carbonyl (C=O) groups is 12. The minimum atomic E-state index is -0.900. The molecule has 133 heavy (non-hydrogen) atoms. The summed E-state index contributed by atoms with van der Waals surface area (Å²) in [5, 5.41) is 24.1. The highest BCUT2D eigenvalue weighted by Gasteiger charge is 2.28. The Hall–Kier alpha value is -11.9. The number of aromatic carboxylic acids is 2. The number of carboxylic acid groups (broad SMARTS) is 2. The van der Waals surface area contributed by atoms with Crippen LogP contribution in [0.15, 0.2) is 165 Å². The van der Waals surface area contributed by atoms with Gasteiger partial charge in [0.25, 0.3) is 27.9 Å². The van der Waals surface area contributed by atoms with Crippen molar-refractivity contribution in [2.75, 3.05) is 59.2 Å². The van der Waals surface area contributed by atoms with Crippen molar-refractivity contribution in [3.8, 4) is 0 Å². The fourth-order valence-electron chi connectivity index (χ4n) is 11.9. The first kappa shape index (κ1) is 123. The Labute approximate surface area is 809 Å². The smallest absolute Gasteiger partial charge is 0.355 e. The Bertz CT molecular complexity index is 4960. The Balaban J connectivity index is 0. The molecule has 26 nitrogen and oxygen atoms in total. The van der Waals surface area contributed by atoms with Crippen LogP contribution in [0.3, 0.4) is 0 Å². The van der Waals surface area contributed by atoms with E-state index >= 15 is 0 Å². The van der Waals surface area contributed by atoms with Crippen molar-refractivity contribution in [2.24, 2.45) is 5.73 Å². The average Bonchev–Trinajstić information content (AvgIpc) is 0.777. The van der Waals surface area contributed by atoms with Crippen molar-refractivity contribution in [3.63, 3.8) is 0 Å². The fourth-order valence-corrected chi connectivity index (χ4v) is 13.3. The van der Waals surface area contributed by atoms with Gasteiger partial charge in [-0.05, 0) is 255 Å². The number of amides is 2. The summed E-state index contributed by atoms with van der Waals surface area (Å²) < 4.78 is 26.6. The molecule has 0 saturated heterocycles. The van der Waals surface area contributed by atoms with Gasteiger partial charge in [0.05, 0.1) is 68.2 Å².